The highest BCUT2D eigenvalue weighted by Gasteiger charge is 2.27. The first-order chi connectivity index (χ1) is 50.0. The molecule has 0 rings (SSSR count). The third-order valence-corrected chi connectivity index (χ3v) is 16.9. The number of phosphoric ester groups is 1. The van der Waals surface area contributed by atoms with E-state index in [1.54, 1.807) is 0 Å². The Morgan fingerprint density at radius 3 is 0.784 bits per heavy atom. The lowest BCUT2D eigenvalue weighted by molar-refractivity contribution is -0.870. The number of esters is 2. The summed E-state index contributed by atoms with van der Waals surface area (Å²) in [6.07, 6.45) is 128. The van der Waals surface area contributed by atoms with Crippen molar-refractivity contribution in [2.75, 3.05) is 47.5 Å². The van der Waals surface area contributed by atoms with Crippen LogP contribution < -0.4 is 0 Å². The van der Waals surface area contributed by atoms with Gasteiger partial charge in [0.15, 0.2) is 6.10 Å². The SMILES string of the molecule is CC/C=C\C/C=C\C/C=C\C/C=C\C/C=C\C/C=C\C/C=C\C/C=C\C/C=C\C/C=C\C/C=C\CCCCCCCCCC(=O)OC(COC(=O)CCCCCCCCCCC/C=C\C/C=C\C/C=C\C/C=C\C/C=C\C/C=C\C/C=C\C/C=C\C/C=C\CC)COP(=O)(O)OCC[N+](C)(C)C. The summed E-state index contributed by atoms with van der Waals surface area (Å²) in [6.45, 7) is 4.16. The molecule has 0 aromatic carbocycles. The maximum absolute atomic E-state index is 12.9. The predicted octanol–water partition coefficient (Wildman–Crippen LogP) is 27.0. The normalized spacial score (nSPS) is 14.4. The number of quaternary nitrogens is 1. The van der Waals surface area contributed by atoms with Gasteiger partial charge in [0.25, 0.3) is 0 Å². The Bertz CT molecular complexity index is 2630. The van der Waals surface area contributed by atoms with Crippen LogP contribution in [0.25, 0.3) is 0 Å². The predicted molar refractivity (Wildman–Crippen MR) is 444 cm³/mol. The molecule has 0 heterocycles. The molecule has 0 amide bonds. The third-order valence-electron chi connectivity index (χ3n) is 15.9. The molecule has 0 fully saturated rings. The number of allylic oxidation sites excluding steroid dienone is 40. The zero-order valence-electron chi connectivity index (χ0n) is 65.0. The van der Waals surface area contributed by atoms with Gasteiger partial charge in [0.1, 0.15) is 19.8 Å². The molecular weight excluding hydrogens is 1280 g/mol. The molecule has 102 heavy (non-hydrogen) atoms. The number of phosphoric acid groups is 1. The monoisotopic (exact) mass is 1420 g/mol. The Morgan fingerprint density at radius 1 is 0.304 bits per heavy atom. The summed E-state index contributed by atoms with van der Waals surface area (Å²) in [6, 6.07) is 0. The number of hydrogen-bond acceptors (Lipinski definition) is 7. The van der Waals surface area contributed by atoms with Crippen molar-refractivity contribution in [2.45, 2.75) is 277 Å². The quantitative estimate of drug-likeness (QED) is 0.0211. The summed E-state index contributed by atoms with van der Waals surface area (Å²) in [4.78, 5) is 36.0. The van der Waals surface area contributed by atoms with Crippen LogP contribution in [0.3, 0.4) is 0 Å². The van der Waals surface area contributed by atoms with Gasteiger partial charge in [-0.05, 0) is 167 Å². The zero-order chi connectivity index (χ0) is 74.0. The van der Waals surface area contributed by atoms with Gasteiger partial charge in [0.05, 0.1) is 27.7 Å². The van der Waals surface area contributed by atoms with Crippen molar-refractivity contribution >= 4 is 19.8 Å². The maximum Gasteiger partial charge on any atom is 0.472 e. The van der Waals surface area contributed by atoms with E-state index in [0.717, 1.165) is 193 Å². The van der Waals surface area contributed by atoms with E-state index in [4.69, 9.17) is 18.5 Å². The molecule has 0 aliphatic heterocycles. The van der Waals surface area contributed by atoms with Gasteiger partial charge < -0.3 is 18.9 Å². The van der Waals surface area contributed by atoms with E-state index in [2.05, 4.69) is 257 Å². The van der Waals surface area contributed by atoms with E-state index < -0.39 is 26.5 Å². The highest BCUT2D eigenvalue weighted by Crippen LogP contribution is 2.43. The zero-order valence-corrected chi connectivity index (χ0v) is 65.9. The van der Waals surface area contributed by atoms with Gasteiger partial charge in [-0.15, -0.1) is 0 Å². The van der Waals surface area contributed by atoms with Gasteiger partial charge >= 0.3 is 19.8 Å². The van der Waals surface area contributed by atoms with E-state index in [0.29, 0.717) is 17.4 Å². The van der Waals surface area contributed by atoms with Gasteiger partial charge in [0.2, 0.25) is 0 Å². The molecule has 0 aromatic heterocycles. The largest absolute Gasteiger partial charge is 0.472 e. The minimum Gasteiger partial charge on any atom is -0.462 e. The lowest BCUT2D eigenvalue weighted by Crippen LogP contribution is -2.37. The second-order valence-corrected chi connectivity index (χ2v) is 28.1. The molecule has 0 bridgehead atoms. The van der Waals surface area contributed by atoms with E-state index >= 15 is 0 Å². The van der Waals surface area contributed by atoms with Crippen molar-refractivity contribution in [2.24, 2.45) is 0 Å². The third kappa shape index (κ3) is 82.8. The summed E-state index contributed by atoms with van der Waals surface area (Å²) >= 11 is 0. The van der Waals surface area contributed by atoms with Crippen LogP contribution in [-0.2, 0) is 32.7 Å². The number of nitrogens with zero attached hydrogens (tertiary/aromatic N) is 1. The number of unbranched alkanes of at least 4 members (excludes halogenated alkanes) is 16. The smallest absolute Gasteiger partial charge is 0.462 e. The Morgan fingerprint density at radius 2 is 0.529 bits per heavy atom. The molecule has 570 valence electrons. The number of rotatable bonds is 70. The first kappa shape index (κ1) is 95.8. The molecule has 0 spiro atoms. The fourth-order valence-corrected chi connectivity index (χ4v) is 10.6. The number of likely N-dealkylation sites (N-methyl/N-ethyl adjacent to an activating group) is 1. The van der Waals surface area contributed by atoms with Crippen LogP contribution in [0.4, 0.5) is 0 Å². The Hall–Kier alpha value is -6.19. The Balaban J connectivity index is 4.15. The summed E-state index contributed by atoms with van der Waals surface area (Å²) in [5, 5.41) is 0. The van der Waals surface area contributed by atoms with Crippen LogP contribution in [0.5, 0.6) is 0 Å². The van der Waals surface area contributed by atoms with E-state index in [1.165, 1.54) is 44.9 Å². The fourth-order valence-electron chi connectivity index (χ4n) is 9.90. The highest BCUT2D eigenvalue weighted by atomic mass is 31.2. The van der Waals surface area contributed by atoms with Crippen molar-refractivity contribution in [3.63, 3.8) is 0 Å². The van der Waals surface area contributed by atoms with Crippen molar-refractivity contribution in [1.82, 2.24) is 0 Å². The fraction of sp³-hybridized carbons (Fsp3) is 0.543. The summed E-state index contributed by atoms with van der Waals surface area (Å²) in [5.41, 5.74) is 0. The number of hydrogen-bond donors (Lipinski definition) is 1. The van der Waals surface area contributed by atoms with Gasteiger partial charge in [-0.2, -0.15) is 0 Å². The highest BCUT2D eigenvalue weighted by molar-refractivity contribution is 7.47. The van der Waals surface area contributed by atoms with Crippen molar-refractivity contribution in [3.05, 3.63) is 243 Å². The number of carbonyl (C=O) groups is 2. The minimum atomic E-state index is -4.42. The van der Waals surface area contributed by atoms with Gasteiger partial charge in [-0.3, -0.25) is 18.6 Å². The van der Waals surface area contributed by atoms with Gasteiger partial charge in [0, 0.05) is 12.8 Å². The van der Waals surface area contributed by atoms with Crippen LogP contribution in [-0.4, -0.2) is 74.9 Å². The van der Waals surface area contributed by atoms with Crippen LogP contribution in [0.2, 0.25) is 0 Å². The number of ether oxygens (including phenoxy) is 2. The molecule has 9 nitrogen and oxygen atoms in total. The molecular formula is C92H145NO8P+. The second-order valence-electron chi connectivity index (χ2n) is 26.6. The van der Waals surface area contributed by atoms with Crippen molar-refractivity contribution < 1.29 is 42.1 Å². The Kier molecular flexibility index (Phi) is 74.1. The lowest BCUT2D eigenvalue weighted by atomic mass is 10.1. The molecule has 2 atom stereocenters. The molecule has 0 saturated heterocycles. The van der Waals surface area contributed by atoms with Crippen LogP contribution in [0.15, 0.2) is 243 Å². The molecule has 0 saturated carbocycles. The van der Waals surface area contributed by atoms with Gasteiger partial charge in [-0.25, -0.2) is 4.57 Å². The van der Waals surface area contributed by atoms with Crippen molar-refractivity contribution in [1.29, 1.82) is 0 Å². The van der Waals surface area contributed by atoms with E-state index in [9.17, 15) is 19.0 Å². The molecule has 0 aromatic rings. The summed E-state index contributed by atoms with van der Waals surface area (Å²) in [7, 11) is 1.43. The molecule has 0 aliphatic carbocycles. The van der Waals surface area contributed by atoms with Crippen LogP contribution in [0, 0.1) is 0 Å². The minimum absolute atomic E-state index is 0.0155. The first-order valence-electron chi connectivity index (χ1n) is 39.8. The standard InChI is InChI=1S/C92H144NO8P/c1-6-8-10-12-14-16-18-20-22-24-26-28-30-32-34-36-38-40-42-44-45-46-47-49-51-53-55-57-59-61-63-65-67-69-71-73-75-77-79-81-83-85-92(95)101-90(89-100-102(96,97)99-87-86-93(3,4)5)88-98-91(94)84-82-80-78-76-74-72-70-68-66-64-62-60-58-56-54-52-50-48-43-41-39-37-35-33-31-29-27-25-23-21-19-17-15-13-11-9-7-2/h8-11,14-17,20-23,26-29,32-35,38-41,44-45,47-50,53-56,59-62,65,67,90H,6-7,12-13,18-19,24-25,30-31,36-37,42-43,46,51-52,57-58,63-64,66,68-89H2,1-5H3/p+1/b10-8-,11-9-,16-14-,17-15-,22-20-,23-21-,28-26-,29-27-,34-32-,35-33-,40-38-,41-39-,45-44-,49-47-,50-48-,55-53-,56-54-,61-59-,62-60-,67-65-. The Labute approximate surface area is 625 Å². The summed E-state index contributed by atoms with van der Waals surface area (Å²) in [5.74, 6) is -0.833. The molecule has 2 unspecified atom stereocenters. The second kappa shape index (κ2) is 78.9. The molecule has 0 aliphatic rings. The maximum atomic E-state index is 12.9. The van der Waals surface area contributed by atoms with E-state index in [-0.39, 0.29) is 32.0 Å². The van der Waals surface area contributed by atoms with Crippen LogP contribution in [0.1, 0.15) is 271 Å². The van der Waals surface area contributed by atoms with Gasteiger partial charge in [-0.1, -0.05) is 334 Å². The average molecular weight is 1420 g/mol. The van der Waals surface area contributed by atoms with Crippen LogP contribution >= 0.6 is 7.82 Å². The first-order valence-corrected chi connectivity index (χ1v) is 41.3. The number of carbonyl (C=O) groups excluding carboxylic acids is 2. The summed E-state index contributed by atoms with van der Waals surface area (Å²) < 4.78 is 34.8. The molecule has 1 N–H and O–H groups in total. The lowest BCUT2D eigenvalue weighted by Gasteiger charge is -2.24. The topological polar surface area (TPSA) is 108 Å². The van der Waals surface area contributed by atoms with Crippen molar-refractivity contribution in [3.8, 4) is 0 Å². The molecule has 0 radical (unpaired) electrons. The molecule has 10 heteroatoms. The average Bonchev–Trinajstić information content (AvgIpc) is 0.916. The van der Waals surface area contributed by atoms with E-state index in [1.807, 2.05) is 21.1 Å².